The molecule has 0 aromatic heterocycles. The van der Waals surface area contributed by atoms with Crippen LogP contribution in [0.15, 0.2) is 24.3 Å². The van der Waals surface area contributed by atoms with Crippen LogP contribution in [0.4, 0.5) is 0 Å². The number of rotatable bonds is 0. The second kappa shape index (κ2) is 3.58. The first-order valence-corrected chi connectivity index (χ1v) is 7.23. The molecule has 96 valence electrons. The Morgan fingerprint density at radius 2 is 2.00 bits per heavy atom. The van der Waals surface area contributed by atoms with Crippen molar-refractivity contribution in [3.05, 3.63) is 35.4 Å². The molecule has 18 heavy (non-hydrogen) atoms. The summed E-state index contributed by atoms with van der Waals surface area (Å²) in [7, 11) is 0. The third kappa shape index (κ3) is 1.36. The molecule has 1 saturated carbocycles. The third-order valence-corrected chi connectivity index (χ3v) is 5.21. The van der Waals surface area contributed by atoms with Crippen LogP contribution in [0.3, 0.4) is 0 Å². The van der Waals surface area contributed by atoms with Gasteiger partial charge in [0.2, 0.25) is 0 Å². The van der Waals surface area contributed by atoms with Gasteiger partial charge in [0.1, 0.15) is 0 Å². The average molecular weight is 244 g/mol. The van der Waals surface area contributed by atoms with Crippen molar-refractivity contribution in [3.63, 3.8) is 0 Å². The smallest absolute Gasteiger partial charge is 0.170 e. The summed E-state index contributed by atoms with van der Waals surface area (Å²) in [6.07, 6.45) is 7.45. The van der Waals surface area contributed by atoms with Crippen molar-refractivity contribution in [3.8, 4) is 0 Å². The van der Waals surface area contributed by atoms with Gasteiger partial charge in [-0.15, -0.1) is 0 Å². The van der Waals surface area contributed by atoms with Gasteiger partial charge in [0, 0.05) is 12.8 Å². The lowest BCUT2D eigenvalue weighted by Gasteiger charge is -2.56. The number of benzene rings is 1. The summed E-state index contributed by atoms with van der Waals surface area (Å²) in [5.74, 6) is -0.296. The van der Waals surface area contributed by atoms with Crippen molar-refractivity contribution in [2.24, 2.45) is 5.92 Å². The van der Waals surface area contributed by atoms with E-state index in [0.717, 1.165) is 19.3 Å². The van der Waals surface area contributed by atoms with Crippen LogP contribution < -0.4 is 0 Å². The van der Waals surface area contributed by atoms with Gasteiger partial charge >= 0.3 is 0 Å². The fourth-order valence-corrected chi connectivity index (χ4v) is 4.44. The molecule has 1 aromatic carbocycles. The molecule has 2 heteroatoms. The lowest BCUT2D eigenvalue weighted by Crippen LogP contribution is -2.57. The van der Waals surface area contributed by atoms with Gasteiger partial charge in [-0.2, -0.15) is 0 Å². The molecule has 1 saturated heterocycles. The lowest BCUT2D eigenvalue weighted by molar-refractivity contribution is -0.329. The van der Waals surface area contributed by atoms with Crippen LogP contribution in [0.25, 0.3) is 0 Å². The van der Waals surface area contributed by atoms with Crippen LogP contribution >= 0.6 is 0 Å². The van der Waals surface area contributed by atoms with Gasteiger partial charge in [0.05, 0.1) is 5.60 Å². The summed E-state index contributed by atoms with van der Waals surface area (Å²) in [6, 6.07) is 8.58. The summed E-state index contributed by atoms with van der Waals surface area (Å²) in [5.41, 5.74) is 2.48. The fourth-order valence-electron chi connectivity index (χ4n) is 4.44. The minimum absolute atomic E-state index is 0.180. The zero-order chi connectivity index (χ0) is 12.2. The molecule has 4 rings (SSSR count). The number of hydrogen-bond donors (Lipinski definition) is 1. The highest BCUT2D eigenvalue weighted by molar-refractivity contribution is 5.37. The van der Waals surface area contributed by atoms with E-state index in [4.69, 9.17) is 4.74 Å². The molecule has 2 heterocycles. The minimum atomic E-state index is -0.901. The maximum absolute atomic E-state index is 10.7. The van der Waals surface area contributed by atoms with Gasteiger partial charge in [0.25, 0.3) is 0 Å². The van der Waals surface area contributed by atoms with Crippen LogP contribution in [-0.4, -0.2) is 10.9 Å². The van der Waals surface area contributed by atoms with Crippen LogP contribution in [0.1, 0.15) is 49.7 Å². The minimum Gasteiger partial charge on any atom is -0.365 e. The van der Waals surface area contributed by atoms with Gasteiger partial charge in [-0.1, -0.05) is 37.1 Å². The van der Waals surface area contributed by atoms with E-state index in [9.17, 15) is 5.11 Å². The Morgan fingerprint density at radius 1 is 1.11 bits per heavy atom. The molecule has 0 radical (unpaired) electrons. The van der Waals surface area contributed by atoms with Crippen LogP contribution in [0.5, 0.6) is 0 Å². The van der Waals surface area contributed by atoms with Crippen molar-refractivity contribution in [1.29, 1.82) is 0 Å². The van der Waals surface area contributed by atoms with E-state index in [1.54, 1.807) is 0 Å². The first-order valence-electron chi connectivity index (χ1n) is 7.23. The Labute approximate surface area is 108 Å². The molecule has 3 aliphatic rings. The largest absolute Gasteiger partial charge is 0.365 e. The standard InChI is InChI=1S/C16H20O2/c17-15-10-8-13-6-3-4-9-16(13,18-15)14-7-2-1-5-12(14)11-15/h1-2,5,7,13,17H,3-4,6,8-11H2/t13-,15+,16-/m0/s1. The van der Waals surface area contributed by atoms with E-state index in [0.29, 0.717) is 12.3 Å². The number of ether oxygens (including phenoxy) is 1. The Kier molecular flexibility index (Phi) is 2.19. The summed E-state index contributed by atoms with van der Waals surface area (Å²) in [6.45, 7) is 0. The number of hydrogen-bond acceptors (Lipinski definition) is 2. The van der Waals surface area contributed by atoms with Crippen LogP contribution in [-0.2, 0) is 16.8 Å². The number of aliphatic hydroxyl groups is 1. The monoisotopic (exact) mass is 244 g/mol. The predicted octanol–water partition coefficient (Wildman–Crippen LogP) is 3.13. The van der Waals surface area contributed by atoms with E-state index in [1.165, 1.54) is 30.4 Å². The molecule has 2 bridgehead atoms. The Morgan fingerprint density at radius 3 is 2.94 bits per heavy atom. The lowest BCUT2D eigenvalue weighted by atomic mass is 9.63. The second-order valence-electron chi connectivity index (χ2n) is 6.25. The molecule has 2 fully saturated rings. The summed E-state index contributed by atoms with van der Waals surface area (Å²) in [4.78, 5) is 0. The highest BCUT2D eigenvalue weighted by Crippen LogP contribution is 2.56. The molecule has 1 aromatic rings. The highest BCUT2D eigenvalue weighted by Gasteiger charge is 2.55. The van der Waals surface area contributed by atoms with Gasteiger partial charge in [0.15, 0.2) is 5.79 Å². The van der Waals surface area contributed by atoms with E-state index in [1.807, 2.05) is 0 Å². The summed E-state index contributed by atoms with van der Waals surface area (Å²) >= 11 is 0. The van der Waals surface area contributed by atoms with Crippen LogP contribution in [0, 0.1) is 5.92 Å². The zero-order valence-electron chi connectivity index (χ0n) is 10.7. The summed E-state index contributed by atoms with van der Waals surface area (Å²) < 4.78 is 6.28. The zero-order valence-corrected chi connectivity index (χ0v) is 10.7. The van der Waals surface area contributed by atoms with E-state index < -0.39 is 5.79 Å². The van der Waals surface area contributed by atoms with Crippen molar-refractivity contribution in [1.82, 2.24) is 0 Å². The molecule has 0 unspecified atom stereocenters. The van der Waals surface area contributed by atoms with Gasteiger partial charge in [-0.3, -0.25) is 0 Å². The SMILES string of the molecule is O[C@]12CC[C@@H]3CCCC[C@@]3(O1)c1ccccc1C2. The van der Waals surface area contributed by atoms with Crippen molar-refractivity contribution in [2.45, 2.75) is 56.3 Å². The topological polar surface area (TPSA) is 29.5 Å². The maximum atomic E-state index is 10.7. The second-order valence-corrected chi connectivity index (χ2v) is 6.25. The van der Waals surface area contributed by atoms with Gasteiger partial charge in [-0.25, -0.2) is 0 Å². The quantitative estimate of drug-likeness (QED) is 0.759. The molecule has 3 atom stereocenters. The molecule has 1 N–H and O–H groups in total. The number of fused-ring (bicyclic) bond motifs is 2. The third-order valence-electron chi connectivity index (χ3n) is 5.21. The molecular weight excluding hydrogens is 224 g/mol. The molecule has 2 aliphatic heterocycles. The highest BCUT2D eigenvalue weighted by atomic mass is 16.6. The van der Waals surface area contributed by atoms with Gasteiger partial charge < -0.3 is 9.84 Å². The van der Waals surface area contributed by atoms with Crippen molar-refractivity contribution in [2.75, 3.05) is 0 Å². The Bertz CT molecular complexity index is 484. The van der Waals surface area contributed by atoms with Crippen molar-refractivity contribution >= 4 is 0 Å². The first kappa shape index (κ1) is 11.0. The first-order chi connectivity index (χ1) is 8.72. The molecule has 2 nitrogen and oxygen atoms in total. The normalized spacial score (nSPS) is 41.9. The molecule has 1 spiro atoms. The fraction of sp³-hybridized carbons (Fsp3) is 0.625. The van der Waals surface area contributed by atoms with Crippen molar-refractivity contribution < 1.29 is 9.84 Å². The van der Waals surface area contributed by atoms with E-state index >= 15 is 0 Å². The Balaban J connectivity index is 1.91. The van der Waals surface area contributed by atoms with E-state index in [-0.39, 0.29) is 5.60 Å². The van der Waals surface area contributed by atoms with E-state index in [2.05, 4.69) is 24.3 Å². The molecule has 0 amide bonds. The molecular formula is C16H20O2. The maximum Gasteiger partial charge on any atom is 0.170 e. The Hall–Kier alpha value is -0.860. The van der Waals surface area contributed by atoms with Crippen LogP contribution in [0.2, 0.25) is 0 Å². The molecule has 1 aliphatic carbocycles. The predicted molar refractivity (Wildman–Crippen MR) is 69.1 cm³/mol. The average Bonchev–Trinajstić information content (AvgIpc) is 2.37. The summed E-state index contributed by atoms with van der Waals surface area (Å²) in [5, 5.41) is 10.7. The van der Waals surface area contributed by atoms with Gasteiger partial charge in [-0.05, 0) is 36.3 Å².